The van der Waals surface area contributed by atoms with Gasteiger partial charge in [0.25, 0.3) is 0 Å². The molecule has 68 valence electrons. The van der Waals surface area contributed by atoms with Crippen molar-refractivity contribution < 1.29 is 0 Å². The van der Waals surface area contributed by atoms with Crippen LogP contribution in [0.25, 0.3) is 5.57 Å². The summed E-state index contributed by atoms with van der Waals surface area (Å²) in [5.74, 6) is 0. The molecule has 13 heavy (non-hydrogen) atoms. The van der Waals surface area contributed by atoms with Crippen molar-refractivity contribution in [1.29, 1.82) is 5.26 Å². The number of nitriles is 1. The van der Waals surface area contributed by atoms with Crippen molar-refractivity contribution in [2.45, 2.75) is 0 Å². The molecule has 0 spiro atoms. The van der Waals surface area contributed by atoms with Crippen LogP contribution in [0.4, 0.5) is 0 Å². The molecule has 0 amide bonds. The molecule has 0 radical (unpaired) electrons. The van der Waals surface area contributed by atoms with Gasteiger partial charge in [0.05, 0.1) is 9.81 Å². The molecule has 0 atom stereocenters. The van der Waals surface area contributed by atoms with Crippen LogP contribution >= 0.6 is 34.9 Å². The lowest BCUT2D eigenvalue weighted by Crippen LogP contribution is -1.78. The van der Waals surface area contributed by atoms with E-state index in [1.165, 1.54) is 0 Å². The predicted octanol–water partition coefficient (Wildman–Crippen LogP) is 3.67. The zero-order valence-corrected chi connectivity index (χ0v) is 9.85. The number of hydrogen-bond acceptors (Lipinski definition) is 4. The minimum absolute atomic E-state index is 0.801. The van der Waals surface area contributed by atoms with Gasteiger partial charge in [-0.05, 0) is 24.0 Å². The van der Waals surface area contributed by atoms with Gasteiger partial charge in [0.15, 0.2) is 0 Å². The minimum atomic E-state index is 0.801. The van der Waals surface area contributed by atoms with E-state index in [-0.39, 0.29) is 0 Å². The second-order valence-electron chi connectivity index (χ2n) is 2.16. The first-order valence-corrected chi connectivity index (χ1v) is 6.92. The van der Waals surface area contributed by atoms with Gasteiger partial charge in [-0.2, -0.15) is 5.26 Å². The van der Waals surface area contributed by atoms with E-state index >= 15 is 0 Å². The smallest absolute Gasteiger partial charge is 0.102 e. The molecular weight excluding hydrogens is 218 g/mol. The Labute approximate surface area is 90.8 Å². The quantitative estimate of drug-likeness (QED) is 0.736. The Morgan fingerprint density at radius 3 is 2.54 bits per heavy atom. The maximum absolute atomic E-state index is 9.00. The van der Waals surface area contributed by atoms with Crippen molar-refractivity contribution in [1.82, 2.24) is 0 Å². The monoisotopic (exact) mass is 227 g/mol. The molecule has 0 aliphatic heterocycles. The van der Waals surface area contributed by atoms with E-state index in [9.17, 15) is 0 Å². The lowest BCUT2D eigenvalue weighted by atomic mass is 10.3. The lowest BCUT2D eigenvalue weighted by Gasteiger charge is -2.01. The maximum atomic E-state index is 9.00. The van der Waals surface area contributed by atoms with E-state index in [2.05, 4.69) is 6.07 Å². The highest BCUT2D eigenvalue weighted by molar-refractivity contribution is 8.22. The SMILES string of the molecule is CSC(SC)=C(C#N)c1cccs1. The number of hydrogen-bond donors (Lipinski definition) is 0. The van der Waals surface area contributed by atoms with E-state index in [1.807, 2.05) is 30.0 Å². The number of nitrogens with zero attached hydrogens (tertiary/aromatic N) is 1. The van der Waals surface area contributed by atoms with E-state index in [0.717, 1.165) is 14.7 Å². The molecule has 1 aromatic heterocycles. The van der Waals surface area contributed by atoms with E-state index < -0.39 is 0 Å². The summed E-state index contributed by atoms with van der Waals surface area (Å²) in [6, 6.07) is 6.20. The first-order valence-electron chi connectivity index (χ1n) is 3.59. The summed E-state index contributed by atoms with van der Waals surface area (Å²) in [5.41, 5.74) is 0.801. The van der Waals surface area contributed by atoms with Crippen molar-refractivity contribution in [2.24, 2.45) is 0 Å². The third kappa shape index (κ3) is 2.53. The van der Waals surface area contributed by atoms with Crippen molar-refractivity contribution in [3.05, 3.63) is 26.6 Å². The molecule has 1 rings (SSSR count). The molecule has 0 N–H and O–H groups in total. The first-order chi connectivity index (χ1) is 6.33. The Kier molecular flexibility index (Phi) is 4.43. The van der Waals surface area contributed by atoms with E-state index in [0.29, 0.717) is 0 Å². The molecule has 0 saturated heterocycles. The largest absolute Gasteiger partial charge is 0.192 e. The molecule has 0 aliphatic carbocycles. The third-order valence-corrected chi connectivity index (χ3v) is 4.49. The molecule has 0 aromatic carbocycles. The summed E-state index contributed by atoms with van der Waals surface area (Å²) in [5, 5.41) is 11.0. The van der Waals surface area contributed by atoms with Gasteiger partial charge in [-0.25, -0.2) is 0 Å². The molecule has 0 fully saturated rings. The molecule has 1 nitrogen and oxygen atoms in total. The predicted molar refractivity (Wildman–Crippen MR) is 63.9 cm³/mol. The number of thiophene rings is 1. The fourth-order valence-electron chi connectivity index (χ4n) is 0.910. The topological polar surface area (TPSA) is 23.8 Å². The highest BCUT2D eigenvalue weighted by Crippen LogP contribution is 2.34. The van der Waals surface area contributed by atoms with Crippen LogP contribution in [0.2, 0.25) is 0 Å². The summed E-state index contributed by atoms with van der Waals surface area (Å²) in [7, 11) is 0. The average molecular weight is 227 g/mol. The van der Waals surface area contributed by atoms with E-state index in [1.54, 1.807) is 34.9 Å². The fraction of sp³-hybridized carbons (Fsp3) is 0.222. The van der Waals surface area contributed by atoms with Gasteiger partial charge in [0.1, 0.15) is 6.07 Å². The summed E-state index contributed by atoms with van der Waals surface area (Å²) in [6.45, 7) is 0. The van der Waals surface area contributed by atoms with Gasteiger partial charge >= 0.3 is 0 Å². The Hall–Kier alpha value is -0.370. The molecule has 4 heteroatoms. The first kappa shape index (κ1) is 10.7. The van der Waals surface area contributed by atoms with Crippen LogP contribution in [0.1, 0.15) is 4.88 Å². The summed E-state index contributed by atoms with van der Waals surface area (Å²) in [4.78, 5) is 1.06. The maximum Gasteiger partial charge on any atom is 0.102 e. The van der Waals surface area contributed by atoms with Crippen molar-refractivity contribution >= 4 is 40.4 Å². The minimum Gasteiger partial charge on any atom is -0.192 e. The van der Waals surface area contributed by atoms with Crippen LogP contribution < -0.4 is 0 Å². The van der Waals surface area contributed by atoms with Gasteiger partial charge in [0, 0.05) is 4.88 Å². The molecule has 0 unspecified atom stereocenters. The summed E-state index contributed by atoms with van der Waals surface area (Å²) in [6.07, 6.45) is 3.99. The standard InChI is InChI=1S/C9H9NS3/c1-11-9(12-2)7(6-10)8-4-3-5-13-8/h3-5H,1-2H3. The number of thioether (sulfide) groups is 2. The highest BCUT2D eigenvalue weighted by Gasteiger charge is 2.07. The zero-order chi connectivity index (χ0) is 9.68. The molecule has 0 aliphatic rings. The number of rotatable bonds is 3. The van der Waals surface area contributed by atoms with Crippen molar-refractivity contribution in [3.63, 3.8) is 0 Å². The Morgan fingerprint density at radius 2 is 2.15 bits per heavy atom. The average Bonchev–Trinajstić information content (AvgIpc) is 2.66. The van der Waals surface area contributed by atoms with Gasteiger partial charge in [-0.15, -0.1) is 34.9 Å². The zero-order valence-electron chi connectivity index (χ0n) is 7.40. The third-order valence-electron chi connectivity index (χ3n) is 1.45. The number of allylic oxidation sites excluding steroid dienone is 1. The second-order valence-corrected chi connectivity index (χ2v) is 5.00. The van der Waals surface area contributed by atoms with Crippen LogP contribution in [0, 0.1) is 11.3 Å². The van der Waals surface area contributed by atoms with Crippen LogP contribution in [0.15, 0.2) is 21.7 Å². The molecule has 0 saturated carbocycles. The Morgan fingerprint density at radius 1 is 1.46 bits per heavy atom. The van der Waals surface area contributed by atoms with Crippen molar-refractivity contribution in [3.8, 4) is 6.07 Å². The molecule has 0 bridgehead atoms. The van der Waals surface area contributed by atoms with Crippen LogP contribution in [0.5, 0.6) is 0 Å². The van der Waals surface area contributed by atoms with Gasteiger partial charge < -0.3 is 0 Å². The van der Waals surface area contributed by atoms with Gasteiger partial charge in [-0.3, -0.25) is 0 Å². The normalized spacial score (nSPS) is 9.31. The summed E-state index contributed by atoms with van der Waals surface area (Å²) >= 11 is 4.86. The lowest BCUT2D eigenvalue weighted by molar-refractivity contribution is 1.54. The Bertz CT molecular complexity index is 326. The van der Waals surface area contributed by atoms with Gasteiger partial charge in [0.2, 0.25) is 0 Å². The molecule has 1 aromatic rings. The van der Waals surface area contributed by atoms with Crippen LogP contribution in [0.3, 0.4) is 0 Å². The van der Waals surface area contributed by atoms with Crippen molar-refractivity contribution in [2.75, 3.05) is 12.5 Å². The second kappa shape index (κ2) is 5.38. The fourth-order valence-corrected chi connectivity index (χ4v) is 3.15. The Balaban J connectivity index is 3.11. The van der Waals surface area contributed by atoms with Gasteiger partial charge in [-0.1, -0.05) is 6.07 Å². The highest BCUT2D eigenvalue weighted by atomic mass is 32.2. The molecule has 1 heterocycles. The van der Waals surface area contributed by atoms with Crippen LogP contribution in [-0.4, -0.2) is 12.5 Å². The molecular formula is C9H9NS3. The van der Waals surface area contributed by atoms with E-state index in [4.69, 9.17) is 5.26 Å². The summed E-state index contributed by atoms with van der Waals surface area (Å²) < 4.78 is 1.09. The van der Waals surface area contributed by atoms with Crippen LogP contribution in [-0.2, 0) is 0 Å².